The summed E-state index contributed by atoms with van der Waals surface area (Å²) in [6.45, 7) is 2.32. The molecule has 0 aliphatic carbocycles. The first-order valence-corrected chi connectivity index (χ1v) is 9.38. The first-order valence-electron chi connectivity index (χ1n) is 6.70. The lowest BCUT2D eigenvalue weighted by Gasteiger charge is -2.29. The van der Waals surface area contributed by atoms with E-state index in [0.717, 1.165) is 11.3 Å². The van der Waals surface area contributed by atoms with Crippen LogP contribution in [0.3, 0.4) is 0 Å². The Hall–Kier alpha value is -1.77. The van der Waals surface area contributed by atoms with Crippen LogP contribution >= 0.6 is 22.9 Å². The Morgan fingerprint density at radius 3 is 2.78 bits per heavy atom. The van der Waals surface area contributed by atoms with Crippen LogP contribution in [0.15, 0.2) is 34.5 Å². The van der Waals surface area contributed by atoms with Crippen molar-refractivity contribution in [1.82, 2.24) is 0 Å². The van der Waals surface area contributed by atoms with Gasteiger partial charge in [0.25, 0.3) is 10.0 Å². The number of hydrogen-bond donors (Lipinski definition) is 1. The smallest absolute Gasteiger partial charge is 0.271 e. The summed E-state index contributed by atoms with van der Waals surface area (Å²) in [5, 5.41) is 0. The lowest BCUT2D eigenvalue weighted by Crippen LogP contribution is -2.36. The summed E-state index contributed by atoms with van der Waals surface area (Å²) in [7, 11) is -3.70. The average molecular weight is 373 g/mol. The maximum atomic E-state index is 12.3. The van der Waals surface area contributed by atoms with Crippen LogP contribution in [-0.2, 0) is 14.8 Å². The fraction of sp³-hybridized carbons (Fsp3) is 0.214. The Morgan fingerprint density at radius 1 is 1.35 bits per heavy atom. The third-order valence-electron chi connectivity index (χ3n) is 3.27. The van der Waals surface area contributed by atoms with Crippen LogP contribution in [0.25, 0.3) is 0 Å². The Balaban J connectivity index is 1.89. The topological polar surface area (TPSA) is 75.7 Å². The van der Waals surface area contributed by atoms with Crippen LogP contribution in [0.2, 0.25) is 4.34 Å². The number of thiophene rings is 1. The quantitative estimate of drug-likeness (QED) is 0.898. The summed E-state index contributed by atoms with van der Waals surface area (Å²) >= 11 is 6.76. The number of hydrogen-bond acceptors (Lipinski definition) is 5. The number of ether oxygens (including phenoxy) is 1. The molecule has 1 N–H and O–H groups in total. The van der Waals surface area contributed by atoms with Gasteiger partial charge in [-0.25, -0.2) is 8.42 Å². The predicted molar refractivity (Wildman–Crippen MR) is 90.1 cm³/mol. The third kappa shape index (κ3) is 3.29. The maximum Gasteiger partial charge on any atom is 0.271 e. The molecule has 1 aromatic carbocycles. The first-order chi connectivity index (χ1) is 10.9. The van der Waals surface area contributed by atoms with Gasteiger partial charge in [0, 0.05) is 13.0 Å². The number of carbonyl (C=O) groups is 1. The van der Waals surface area contributed by atoms with Gasteiger partial charge in [0.05, 0.1) is 22.3 Å². The summed E-state index contributed by atoms with van der Waals surface area (Å²) < 4.78 is 33.1. The number of amides is 1. The summed E-state index contributed by atoms with van der Waals surface area (Å²) in [6.07, 6.45) is 0. The van der Waals surface area contributed by atoms with Gasteiger partial charge in [-0.2, -0.15) is 0 Å². The molecule has 3 rings (SSSR count). The molecule has 2 aromatic rings. The lowest BCUT2D eigenvalue weighted by atomic mass is 10.2. The number of sulfonamides is 1. The largest absolute Gasteiger partial charge is 0.489 e. The van der Waals surface area contributed by atoms with Crippen molar-refractivity contribution in [3.05, 3.63) is 34.7 Å². The fourth-order valence-corrected chi connectivity index (χ4v) is 4.79. The second kappa shape index (κ2) is 6.03. The van der Waals surface area contributed by atoms with E-state index < -0.39 is 10.0 Å². The Labute approximate surface area is 142 Å². The number of nitrogens with zero attached hydrogens (tertiary/aromatic N) is 1. The van der Waals surface area contributed by atoms with Crippen LogP contribution in [0.1, 0.15) is 6.92 Å². The van der Waals surface area contributed by atoms with Crippen LogP contribution in [0.5, 0.6) is 5.75 Å². The minimum Gasteiger partial charge on any atom is -0.489 e. The van der Waals surface area contributed by atoms with Crippen molar-refractivity contribution in [2.24, 2.45) is 0 Å². The van der Waals surface area contributed by atoms with E-state index >= 15 is 0 Å². The highest BCUT2D eigenvalue weighted by Crippen LogP contribution is 2.35. The summed E-state index contributed by atoms with van der Waals surface area (Å²) in [4.78, 5) is 13.2. The third-order valence-corrected chi connectivity index (χ3v) is 6.37. The molecule has 122 valence electrons. The standard InChI is InChI=1S/C14H13ClN2O4S2/c1-9(18)17-6-7-21-12-8-10(2-3-11(12)17)16-23(19,20)14-5-4-13(15)22-14/h2-5,8,16H,6-7H2,1H3. The van der Waals surface area contributed by atoms with Gasteiger partial charge in [0.1, 0.15) is 16.6 Å². The number of fused-ring (bicyclic) bond motifs is 1. The van der Waals surface area contributed by atoms with Gasteiger partial charge < -0.3 is 9.64 Å². The van der Waals surface area contributed by atoms with Crippen molar-refractivity contribution in [3.63, 3.8) is 0 Å². The fourth-order valence-electron chi connectivity index (χ4n) is 2.26. The molecule has 0 saturated heterocycles. The van der Waals surface area contributed by atoms with Gasteiger partial charge in [0.2, 0.25) is 5.91 Å². The maximum absolute atomic E-state index is 12.3. The monoisotopic (exact) mass is 372 g/mol. The molecule has 0 fully saturated rings. The van der Waals surface area contributed by atoms with Crippen molar-refractivity contribution in [1.29, 1.82) is 0 Å². The molecule has 0 spiro atoms. The van der Waals surface area contributed by atoms with E-state index in [2.05, 4.69) is 4.72 Å². The number of nitrogens with one attached hydrogen (secondary N) is 1. The van der Waals surface area contributed by atoms with Gasteiger partial charge in [0.15, 0.2) is 0 Å². The van der Waals surface area contributed by atoms with E-state index in [-0.39, 0.29) is 10.1 Å². The van der Waals surface area contributed by atoms with Crippen molar-refractivity contribution < 1.29 is 17.9 Å². The zero-order valence-corrected chi connectivity index (χ0v) is 14.5. The first kappa shape index (κ1) is 16.1. The van der Waals surface area contributed by atoms with E-state index in [1.165, 1.54) is 19.1 Å². The number of carbonyl (C=O) groups excluding carboxylic acids is 1. The summed E-state index contributed by atoms with van der Waals surface area (Å²) in [6, 6.07) is 7.80. The number of anilines is 2. The molecular weight excluding hydrogens is 360 g/mol. The van der Waals surface area contributed by atoms with E-state index in [9.17, 15) is 13.2 Å². The van der Waals surface area contributed by atoms with Crippen molar-refractivity contribution in [3.8, 4) is 5.75 Å². The van der Waals surface area contributed by atoms with Crippen molar-refractivity contribution >= 4 is 50.2 Å². The molecule has 6 nitrogen and oxygen atoms in total. The molecule has 0 radical (unpaired) electrons. The highest BCUT2D eigenvalue weighted by Gasteiger charge is 2.23. The SMILES string of the molecule is CC(=O)N1CCOc2cc(NS(=O)(=O)c3ccc(Cl)s3)ccc21. The molecule has 1 amide bonds. The molecule has 0 unspecified atom stereocenters. The van der Waals surface area contributed by atoms with Gasteiger partial charge in [-0.1, -0.05) is 11.6 Å². The van der Waals surface area contributed by atoms with E-state index in [4.69, 9.17) is 16.3 Å². The Morgan fingerprint density at radius 2 is 2.13 bits per heavy atom. The molecule has 0 bridgehead atoms. The minimum atomic E-state index is -3.70. The molecule has 1 aliphatic rings. The van der Waals surface area contributed by atoms with Gasteiger partial charge >= 0.3 is 0 Å². The van der Waals surface area contributed by atoms with Crippen LogP contribution in [0.4, 0.5) is 11.4 Å². The van der Waals surface area contributed by atoms with Gasteiger partial charge in [-0.05, 0) is 24.3 Å². The molecule has 2 heterocycles. The zero-order chi connectivity index (χ0) is 16.6. The van der Waals surface area contributed by atoms with Gasteiger partial charge in [-0.3, -0.25) is 9.52 Å². The molecule has 0 atom stereocenters. The molecule has 0 saturated carbocycles. The molecule has 23 heavy (non-hydrogen) atoms. The molecule has 9 heteroatoms. The van der Waals surface area contributed by atoms with Crippen LogP contribution in [0, 0.1) is 0 Å². The molecule has 1 aromatic heterocycles. The zero-order valence-electron chi connectivity index (χ0n) is 12.1. The highest BCUT2D eigenvalue weighted by atomic mass is 35.5. The van der Waals surface area contributed by atoms with Gasteiger partial charge in [-0.15, -0.1) is 11.3 Å². The summed E-state index contributed by atoms with van der Waals surface area (Å²) in [5.74, 6) is 0.381. The second-order valence-corrected chi connectivity index (χ2v) is 8.49. The van der Waals surface area contributed by atoms with Crippen LogP contribution in [-0.4, -0.2) is 27.5 Å². The lowest BCUT2D eigenvalue weighted by molar-refractivity contribution is -0.116. The average Bonchev–Trinajstić information content (AvgIpc) is 2.93. The Bertz CT molecular complexity index is 863. The Kier molecular flexibility index (Phi) is 4.22. The second-order valence-electron chi connectivity index (χ2n) is 4.87. The van der Waals surface area contributed by atoms with Crippen molar-refractivity contribution in [2.75, 3.05) is 22.8 Å². The summed E-state index contributed by atoms with van der Waals surface area (Å²) in [5.41, 5.74) is 0.990. The molecule has 1 aliphatic heterocycles. The number of benzene rings is 1. The highest BCUT2D eigenvalue weighted by molar-refractivity contribution is 7.94. The van der Waals surface area contributed by atoms with Crippen LogP contribution < -0.4 is 14.4 Å². The van der Waals surface area contributed by atoms with E-state index in [1.54, 1.807) is 23.1 Å². The normalized spacial score (nSPS) is 14.1. The number of halogens is 1. The predicted octanol–water partition coefficient (Wildman–Crippen LogP) is 2.95. The van der Waals surface area contributed by atoms with Crippen molar-refractivity contribution in [2.45, 2.75) is 11.1 Å². The van der Waals surface area contributed by atoms with E-state index in [1.807, 2.05) is 0 Å². The number of rotatable bonds is 3. The van der Waals surface area contributed by atoms with E-state index in [0.29, 0.717) is 34.6 Å². The molecular formula is C14H13ClN2O4S2. The minimum absolute atomic E-state index is 0.0869.